The third-order valence-corrected chi connectivity index (χ3v) is 5.36. The molecule has 0 saturated carbocycles. The van der Waals surface area contributed by atoms with E-state index in [0.29, 0.717) is 22.1 Å². The van der Waals surface area contributed by atoms with Crippen LogP contribution in [0.1, 0.15) is 27.7 Å². The zero-order chi connectivity index (χ0) is 21.0. The summed E-state index contributed by atoms with van der Waals surface area (Å²) in [6, 6.07) is 6.97. The van der Waals surface area contributed by atoms with E-state index >= 15 is 0 Å². The SMILES string of the molecule is CCOC(=O)c1c(NC(=O)COC(=O)C2COc3ccccc3O2)sc(C)c1C. The molecule has 1 aromatic heterocycles. The summed E-state index contributed by atoms with van der Waals surface area (Å²) in [6.07, 6.45) is -0.959. The van der Waals surface area contributed by atoms with Crippen LogP contribution in [0.15, 0.2) is 24.3 Å². The quantitative estimate of drug-likeness (QED) is 0.719. The topological polar surface area (TPSA) is 100 Å². The molecule has 1 N–H and O–H groups in total. The number of fused-ring (bicyclic) bond motifs is 1. The van der Waals surface area contributed by atoms with Gasteiger partial charge in [-0.2, -0.15) is 0 Å². The van der Waals surface area contributed by atoms with Crippen LogP contribution in [0, 0.1) is 13.8 Å². The number of thiophene rings is 1. The number of para-hydroxylation sites is 2. The van der Waals surface area contributed by atoms with Gasteiger partial charge in [0.15, 0.2) is 18.1 Å². The molecule has 1 aromatic carbocycles. The Morgan fingerprint density at radius 3 is 2.62 bits per heavy atom. The summed E-state index contributed by atoms with van der Waals surface area (Å²) in [5, 5.41) is 2.98. The number of esters is 2. The molecule has 1 aliphatic heterocycles. The first-order valence-electron chi connectivity index (χ1n) is 9.02. The lowest BCUT2D eigenvalue weighted by atomic mass is 10.1. The molecule has 0 bridgehead atoms. The van der Waals surface area contributed by atoms with Crippen molar-refractivity contribution in [2.24, 2.45) is 0 Å². The molecular formula is C20H21NO7S. The number of carbonyl (C=O) groups is 3. The predicted octanol–water partition coefficient (Wildman–Crippen LogP) is 2.86. The molecule has 0 radical (unpaired) electrons. The third-order valence-electron chi connectivity index (χ3n) is 4.23. The normalized spacial score (nSPS) is 14.8. The monoisotopic (exact) mass is 419 g/mol. The van der Waals surface area contributed by atoms with Crippen LogP contribution < -0.4 is 14.8 Å². The fourth-order valence-electron chi connectivity index (χ4n) is 2.69. The van der Waals surface area contributed by atoms with Crippen molar-refractivity contribution in [1.29, 1.82) is 0 Å². The van der Waals surface area contributed by atoms with Gasteiger partial charge in [0.25, 0.3) is 5.91 Å². The van der Waals surface area contributed by atoms with Gasteiger partial charge < -0.3 is 24.3 Å². The van der Waals surface area contributed by atoms with E-state index in [-0.39, 0.29) is 13.2 Å². The highest BCUT2D eigenvalue weighted by molar-refractivity contribution is 7.16. The van der Waals surface area contributed by atoms with Crippen LogP contribution in [0.25, 0.3) is 0 Å². The number of hydrogen-bond donors (Lipinski definition) is 1. The zero-order valence-corrected chi connectivity index (χ0v) is 17.1. The molecule has 0 spiro atoms. The van der Waals surface area contributed by atoms with E-state index in [4.69, 9.17) is 18.9 Å². The van der Waals surface area contributed by atoms with Crippen molar-refractivity contribution in [3.63, 3.8) is 0 Å². The van der Waals surface area contributed by atoms with Gasteiger partial charge in [-0.05, 0) is 38.5 Å². The molecule has 8 nitrogen and oxygen atoms in total. The van der Waals surface area contributed by atoms with E-state index in [1.54, 1.807) is 38.1 Å². The molecule has 1 amide bonds. The number of ether oxygens (including phenoxy) is 4. The molecule has 154 valence electrons. The van der Waals surface area contributed by atoms with E-state index in [0.717, 1.165) is 10.4 Å². The van der Waals surface area contributed by atoms with E-state index in [1.807, 2.05) is 6.92 Å². The van der Waals surface area contributed by atoms with Gasteiger partial charge in [-0.3, -0.25) is 4.79 Å². The summed E-state index contributed by atoms with van der Waals surface area (Å²) in [6.45, 7) is 5.04. The van der Waals surface area contributed by atoms with E-state index < -0.39 is 30.6 Å². The van der Waals surface area contributed by atoms with Gasteiger partial charge in [-0.1, -0.05) is 12.1 Å². The van der Waals surface area contributed by atoms with Crippen LogP contribution in [-0.4, -0.2) is 43.8 Å². The van der Waals surface area contributed by atoms with Crippen molar-refractivity contribution < 1.29 is 33.3 Å². The van der Waals surface area contributed by atoms with E-state index in [2.05, 4.69) is 5.32 Å². The smallest absolute Gasteiger partial charge is 0.351 e. The lowest BCUT2D eigenvalue weighted by molar-refractivity contribution is -0.156. The summed E-state index contributed by atoms with van der Waals surface area (Å²) in [5.74, 6) is -0.799. The fraction of sp³-hybridized carbons (Fsp3) is 0.350. The molecule has 1 atom stereocenters. The largest absolute Gasteiger partial charge is 0.485 e. The Morgan fingerprint density at radius 1 is 1.17 bits per heavy atom. The van der Waals surface area contributed by atoms with Gasteiger partial charge in [0.1, 0.15) is 11.6 Å². The maximum Gasteiger partial charge on any atom is 0.351 e. The van der Waals surface area contributed by atoms with Gasteiger partial charge in [0.2, 0.25) is 6.10 Å². The summed E-state index contributed by atoms with van der Waals surface area (Å²) in [7, 11) is 0. The van der Waals surface area contributed by atoms with E-state index in [9.17, 15) is 14.4 Å². The standard InChI is InChI=1S/C20H21NO7S/c1-4-25-20(24)17-11(2)12(3)29-18(17)21-16(22)10-27-19(23)15-9-26-13-7-5-6-8-14(13)28-15/h5-8,15H,4,9-10H2,1-3H3,(H,21,22). The summed E-state index contributed by atoms with van der Waals surface area (Å²) in [4.78, 5) is 37.5. The van der Waals surface area contributed by atoms with Crippen molar-refractivity contribution in [1.82, 2.24) is 0 Å². The molecule has 9 heteroatoms. The number of nitrogens with one attached hydrogen (secondary N) is 1. The molecule has 3 rings (SSSR count). The second-order valence-electron chi connectivity index (χ2n) is 6.23. The van der Waals surface area contributed by atoms with Crippen molar-refractivity contribution >= 4 is 34.2 Å². The minimum Gasteiger partial charge on any atom is -0.485 e. The molecule has 0 aliphatic carbocycles. The minimum absolute atomic E-state index is 0.00616. The summed E-state index contributed by atoms with van der Waals surface area (Å²) < 4.78 is 21.1. The Hall–Kier alpha value is -3.07. The van der Waals surface area contributed by atoms with Crippen LogP contribution in [0.5, 0.6) is 11.5 Å². The Morgan fingerprint density at radius 2 is 1.90 bits per heavy atom. The molecule has 29 heavy (non-hydrogen) atoms. The first kappa shape index (κ1) is 20.7. The number of hydrogen-bond acceptors (Lipinski definition) is 8. The number of anilines is 1. The lowest BCUT2D eigenvalue weighted by Gasteiger charge is -2.24. The molecule has 1 unspecified atom stereocenters. The molecule has 0 saturated heterocycles. The second-order valence-corrected chi connectivity index (χ2v) is 7.45. The van der Waals surface area contributed by atoms with Gasteiger partial charge >= 0.3 is 11.9 Å². The molecule has 2 aromatic rings. The molecular weight excluding hydrogens is 398 g/mol. The number of amides is 1. The maximum absolute atomic E-state index is 12.2. The fourth-order valence-corrected chi connectivity index (χ4v) is 3.76. The second kappa shape index (κ2) is 8.95. The maximum atomic E-state index is 12.2. The Balaban J connectivity index is 1.57. The highest BCUT2D eigenvalue weighted by atomic mass is 32.1. The number of aryl methyl sites for hydroxylation is 1. The average molecular weight is 419 g/mol. The van der Waals surface area contributed by atoms with Crippen molar-refractivity contribution in [2.45, 2.75) is 26.9 Å². The number of carbonyl (C=O) groups excluding carboxylic acids is 3. The third kappa shape index (κ3) is 4.68. The summed E-state index contributed by atoms with van der Waals surface area (Å²) >= 11 is 1.26. The van der Waals surface area contributed by atoms with Crippen LogP contribution in [0.4, 0.5) is 5.00 Å². The van der Waals surface area contributed by atoms with Crippen molar-refractivity contribution in [2.75, 3.05) is 25.1 Å². The van der Waals surface area contributed by atoms with Crippen LogP contribution in [-0.2, 0) is 19.1 Å². The van der Waals surface area contributed by atoms with E-state index in [1.165, 1.54) is 11.3 Å². The zero-order valence-electron chi connectivity index (χ0n) is 16.3. The van der Waals surface area contributed by atoms with Crippen LogP contribution >= 0.6 is 11.3 Å². The predicted molar refractivity (Wildman–Crippen MR) is 106 cm³/mol. The lowest BCUT2D eigenvalue weighted by Crippen LogP contribution is -2.39. The van der Waals surface area contributed by atoms with Gasteiger partial charge in [-0.25, -0.2) is 9.59 Å². The molecule has 0 fully saturated rings. The van der Waals surface area contributed by atoms with Gasteiger partial charge in [0.05, 0.1) is 12.2 Å². The molecule has 1 aliphatic rings. The highest BCUT2D eigenvalue weighted by Crippen LogP contribution is 2.33. The number of rotatable bonds is 6. The minimum atomic E-state index is -0.959. The first-order chi connectivity index (χ1) is 13.9. The Kier molecular flexibility index (Phi) is 6.38. The number of benzene rings is 1. The van der Waals surface area contributed by atoms with Crippen LogP contribution in [0.3, 0.4) is 0 Å². The van der Waals surface area contributed by atoms with Gasteiger partial charge in [-0.15, -0.1) is 11.3 Å². The first-order valence-corrected chi connectivity index (χ1v) is 9.84. The van der Waals surface area contributed by atoms with Gasteiger partial charge in [0, 0.05) is 4.88 Å². The highest BCUT2D eigenvalue weighted by Gasteiger charge is 2.29. The van der Waals surface area contributed by atoms with Crippen molar-refractivity contribution in [3.05, 3.63) is 40.3 Å². The average Bonchev–Trinajstić information content (AvgIpc) is 2.99. The molecule has 2 heterocycles. The summed E-state index contributed by atoms with van der Waals surface area (Å²) in [5.41, 5.74) is 1.06. The van der Waals surface area contributed by atoms with Crippen molar-refractivity contribution in [3.8, 4) is 11.5 Å². The Bertz CT molecular complexity index is 937. The van der Waals surface area contributed by atoms with Crippen LogP contribution in [0.2, 0.25) is 0 Å². The Labute approximate surface area is 171 Å².